The third-order valence-electron chi connectivity index (χ3n) is 4.46. The lowest BCUT2D eigenvalue weighted by Gasteiger charge is -2.19. The van der Waals surface area contributed by atoms with Crippen LogP contribution in [0.1, 0.15) is 49.2 Å². The Hall–Kier alpha value is -2.40. The molecule has 0 unspecified atom stereocenters. The Kier molecular flexibility index (Phi) is 5.51. The lowest BCUT2D eigenvalue weighted by molar-refractivity contribution is 0.0993. The van der Waals surface area contributed by atoms with Gasteiger partial charge in [-0.15, -0.1) is 10.2 Å². The zero-order valence-corrected chi connectivity index (χ0v) is 17.1. The smallest absolute Gasteiger partial charge is 0.277 e. The van der Waals surface area contributed by atoms with Crippen LogP contribution in [0.2, 0.25) is 0 Å². The third-order valence-corrected chi connectivity index (χ3v) is 5.40. The van der Waals surface area contributed by atoms with Crippen molar-refractivity contribution in [2.75, 3.05) is 0 Å². The maximum atomic E-state index is 12.7. The van der Waals surface area contributed by atoms with E-state index in [0.29, 0.717) is 16.7 Å². The Balaban J connectivity index is 1.71. The molecule has 0 fully saturated rings. The number of carbonyl (C=O) groups is 1. The Morgan fingerprint density at radius 3 is 2.33 bits per heavy atom. The highest BCUT2D eigenvalue weighted by molar-refractivity contribution is 8.00. The van der Waals surface area contributed by atoms with E-state index >= 15 is 0 Å². The van der Waals surface area contributed by atoms with Crippen molar-refractivity contribution >= 4 is 17.5 Å². The first-order chi connectivity index (χ1) is 12.8. The fourth-order valence-electron chi connectivity index (χ4n) is 2.75. The molecule has 0 amide bonds. The molecule has 1 atom stereocenters. The van der Waals surface area contributed by atoms with E-state index in [0.717, 1.165) is 11.1 Å². The molecular formula is C22H24N2O2S. The maximum Gasteiger partial charge on any atom is 0.277 e. The monoisotopic (exact) mass is 380 g/mol. The zero-order chi connectivity index (χ0) is 19.6. The lowest BCUT2D eigenvalue weighted by atomic mass is 9.86. The summed E-state index contributed by atoms with van der Waals surface area (Å²) in [5.74, 6) is 0.529. The topological polar surface area (TPSA) is 56.0 Å². The summed E-state index contributed by atoms with van der Waals surface area (Å²) in [7, 11) is 0. The van der Waals surface area contributed by atoms with Crippen LogP contribution in [0.25, 0.3) is 11.5 Å². The molecule has 1 heterocycles. The Morgan fingerprint density at radius 1 is 1.04 bits per heavy atom. The first-order valence-corrected chi connectivity index (χ1v) is 9.84. The molecule has 0 radical (unpaired) electrons. The predicted octanol–water partition coefficient (Wildman–Crippen LogP) is 5.71. The molecule has 0 spiro atoms. The third kappa shape index (κ3) is 4.48. The van der Waals surface area contributed by atoms with Crippen LogP contribution in [0.3, 0.4) is 0 Å². The number of nitrogens with zero attached hydrogens (tertiary/aromatic N) is 2. The van der Waals surface area contributed by atoms with Crippen molar-refractivity contribution in [2.24, 2.45) is 0 Å². The van der Waals surface area contributed by atoms with Crippen LogP contribution in [0.15, 0.2) is 58.2 Å². The van der Waals surface area contributed by atoms with Gasteiger partial charge in [0.05, 0.1) is 5.25 Å². The summed E-state index contributed by atoms with van der Waals surface area (Å²) in [6.45, 7) is 10.3. The number of rotatable bonds is 5. The summed E-state index contributed by atoms with van der Waals surface area (Å²) < 4.78 is 5.76. The fourth-order valence-corrected chi connectivity index (χ4v) is 3.51. The van der Waals surface area contributed by atoms with E-state index in [2.05, 4.69) is 31.0 Å². The Bertz CT molecular complexity index is 939. The van der Waals surface area contributed by atoms with Crippen molar-refractivity contribution in [1.82, 2.24) is 10.2 Å². The molecule has 0 saturated carbocycles. The van der Waals surface area contributed by atoms with E-state index in [-0.39, 0.29) is 16.4 Å². The molecule has 5 heteroatoms. The fraction of sp³-hybridized carbons (Fsp3) is 0.318. The van der Waals surface area contributed by atoms with Crippen LogP contribution < -0.4 is 0 Å². The van der Waals surface area contributed by atoms with Gasteiger partial charge >= 0.3 is 0 Å². The standard InChI is InChI=1S/C22H24N2O2S/c1-14-8-6-7-9-18(14)20-23-24-21(26-20)27-15(2)19(25)16-10-12-17(13-11-16)22(3,4)5/h6-13,15H,1-5H3/t15-/m1/s1. The zero-order valence-electron chi connectivity index (χ0n) is 16.3. The number of hydrogen-bond acceptors (Lipinski definition) is 5. The summed E-state index contributed by atoms with van der Waals surface area (Å²) in [5, 5.41) is 8.31. The molecule has 140 valence electrons. The SMILES string of the molecule is Cc1ccccc1-c1nnc(S[C@H](C)C(=O)c2ccc(C(C)(C)C)cc2)o1. The van der Waals surface area contributed by atoms with Crippen molar-refractivity contribution in [1.29, 1.82) is 0 Å². The highest BCUT2D eigenvalue weighted by Crippen LogP contribution is 2.29. The molecule has 27 heavy (non-hydrogen) atoms. The van der Waals surface area contributed by atoms with Gasteiger partial charge < -0.3 is 4.42 Å². The number of benzene rings is 2. The van der Waals surface area contributed by atoms with Crippen molar-refractivity contribution in [3.05, 3.63) is 65.2 Å². The van der Waals surface area contributed by atoms with Crippen molar-refractivity contribution in [2.45, 2.75) is 50.5 Å². The van der Waals surface area contributed by atoms with Gasteiger partial charge in [0.15, 0.2) is 5.78 Å². The molecule has 0 aliphatic heterocycles. The van der Waals surface area contributed by atoms with Crippen LogP contribution in [-0.4, -0.2) is 21.2 Å². The molecular weight excluding hydrogens is 356 g/mol. The molecule has 0 N–H and O–H groups in total. The van der Waals surface area contributed by atoms with Crippen LogP contribution in [0.4, 0.5) is 0 Å². The van der Waals surface area contributed by atoms with E-state index in [9.17, 15) is 4.79 Å². The molecule has 0 aliphatic rings. The van der Waals surface area contributed by atoms with Crippen molar-refractivity contribution in [3.63, 3.8) is 0 Å². The van der Waals surface area contributed by atoms with Crippen LogP contribution in [0, 0.1) is 6.92 Å². The highest BCUT2D eigenvalue weighted by atomic mass is 32.2. The summed E-state index contributed by atoms with van der Waals surface area (Å²) in [6, 6.07) is 15.7. The molecule has 0 bridgehead atoms. The van der Waals surface area contributed by atoms with Crippen LogP contribution in [0.5, 0.6) is 0 Å². The summed E-state index contributed by atoms with van der Waals surface area (Å²) in [4.78, 5) is 12.7. The van der Waals surface area contributed by atoms with Crippen LogP contribution in [-0.2, 0) is 5.41 Å². The van der Waals surface area contributed by atoms with Gasteiger partial charge in [0.2, 0.25) is 5.89 Å². The minimum absolute atomic E-state index is 0.0519. The molecule has 2 aromatic carbocycles. The largest absolute Gasteiger partial charge is 0.411 e. The van der Waals surface area contributed by atoms with Gasteiger partial charge in [0.25, 0.3) is 5.22 Å². The second-order valence-electron chi connectivity index (χ2n) is 7.64. The van der Waals surface area contributed by atoms with Gasteiger partial charge in [-0.3, -0.25) is 4.79 Å². The van der Waals surface area contributed by atoms with E-state index in [1.807, 2.05) is 62.4 Å². The number of hydrogen-bond donors (Lipinski definition) is 0. The second kappa shape index (κ2) is 7.69. The van der Waals surface area contributed by atoms with Gasteiger partial charge in [-0.25, -0.2) is 0 Å². The number of aromatic nitrogens is 2. The van der Waals surface area contributed by atoms with E-state index in [1.165, 1.54) is 17.3 Å². The maximum absolute atomic E-state index is 12.7. The number of aryl methyl sites for hydroxylation is 1. The minimum atomic E-state index is -0.310. The van der Waals surface area contributed by atoms with E-state index in [1.54, 1.807) is 0 Å². The second-order valence-corrected chi connectivity index (χ2v) is 8.93. The Labute approximate surface area is 164 Å². The summed E-state index contributed by atoms with van der Waals surface area (Å²) >= 11 is 1.29. The number of thioether (sulfide) groups is 1. The first-order valence-electron chi connectivity index (χ1n) is 8.96. The van der Waals surface area contributed by atoms with Gasteiger partial charge in [-0.1, -0.05) is 75.0 Å². The van der Waals surface area contributed by atoms with Crippen LogP contribution >= 0.6 is 11.8 Å². The normalized spacial score (nSPS) is 12.8. The van der Waals surface area contributed by atoms with Gasteiger partial charge in [-0.2, -0.15) is 0 Å². The van der Waals surface area contributed by atoms with Crippen molar-refractivity contribution in [3.8, 4) is 11.5 Å². The first kappa shape index (κ1) is 19.4. The van der Waals surface area contributed by atoms with Gasteiger partial charge in [0, 0.05) is 11.1 Å². The minimum Gasteiger partial charge on any atom is -0.411 e. The Morgan fingerprint density at radius 2 is 1.70 bits per heavy atom. The lowest BCUT2D eigenvalue weighted by Crippen LogP contribution is -2.15. The number of ketones is 1. The molecule has 0 aliphatic carbocycles. The average Bonchev–Trinajstić information content (AvgIpc) is 3.09. The summed E-state index contributed by atoms with van der Waals surface area (Å²) in [6.07, 6.45) is 0. The van der Waals surface area contributed by atoms with Crippen molar-refractivity contribution < 1.29 is 9.21 Å². The molecule has 0 saturated heterocycles. The molecule has 3 rings (SSSR count). The highest BCUT2D eigenvalue weighted by Gasteiger charge is 2.21. The average molecular weight is 381 g/mol. The number of Topliss-reactive ketones (excluding diaryl/α,β-unsaturated/α-hetero) is 1. The summed E-state index contributed by atoms with van der Waals surface area (Å²) in [5.41, 5.74) is 3.95. The van der Waals surface area contributed by atoms with E-state index < -0.39 is 0 Å². The molecule has 4 nitrogen and oxygen atoms in total. The van der Waals surface area contributed by atoms with Gasteiger partial charge in [-0.05, 0) is 36.5 Å². The predicted molar refractivity (Wildman–Crippen MR) is 109 cm³/mol. The molecule has 3 aromatic rings. The van der Waals surface area contributed by atoms with E-state index in [4.69, 9.17) is 4.42 Å². The number of carbonyl (C=O) groups excluding carboxylic acids is 1. The quantitative estimate of drug-likeness (QED) is 0.419. The molecule has 1 aromatic heterocycles. The van der Waals surface area contributed by atoms with Gasteiger partial charge in [0.1, 0.15) is 0 Å².